The first-order valence-corrected chi connectivity index (χ1v) is 8.84. The van der Waals surface area contributed by atoms with Crippen molar-refractivity contribution >= 4 is 16.8 Å². The third-order valence-electron chi connectivity index (χ3n) is 4.95. The maximum atomic E-state index is 12.4. The minimum absolute atomic E-state index is 0.109. The van der Waals surface area contributed by atoms with Crippen LogP contribution in [0.15, 0.2) is 36.8 Å². The quantitative estimate of drug-likeness (QED) is 0.753. The van der Waals surface area contributed by atoms with E-state index in [0.717, 1.165) is 47.8 Å². The second-order valence-corrected chi connectivity index (χ2v) is 6.78. The highest BCUT2D eigenvalue weighted by atomic mass is 16.3. The number of fused-ring (bicyclic) bond motifs is 1. The van der Waals surface area contributed by atoms with Gasteiger partial charge in [0.2, 0.25) is 0 Å². The Morgan fingerprint density at radius 3 is 2.73 bits per heavy atom. The van der Waals surface area contributed by atoms with Crippen LogP contribution < -0.4 is 5.32 Å². The van der Waals surface area contributed by atoms with Gasteiger partial charge in [0.15, 0.2) is 0 Å². The maximum absolute atomic E-state index is 12.4. The molecule has 0 bridgehead atoms. The number of nitrogens with one attached hydrogen (secondary N) is 1. The summed E-state index contributed by atoms with van der Waals surface area (Å²) in [5.74, 6) is -0.175. The lowest BCUT2D eigenvalue weighted by Gasteiger charge is -2.26. The van der Waals surface area contributed by atoms with Crippen molar-refractivity contribution < 1.29 is 9.90 Å². The largest absolute Gasteiger partial charge is 0.393 e. The molecule has 7 nitrogen and oxygen atoms in total. The molecule has 0 atom stereocenters. The fourth-order valence-corrected chi connectivity index (χ4v) is 3.47. The molecule has 3 aromatic heterocycles. The number of aromatic nitrogens is 4. The maximum Gasteiger partial charge on any atom is 0.270 e. The Labute approximate surface area is 151 Å². The summed E-state index contributed by atoms with van der Waals surface area (Å²) in [4.78, 5) is 20.9. The number of aryl methyl sites for hydroxylation is 1. The molecular weight excluding hydrogens is 330 g/mol. The van der Waals surface area contributed by atoms with Crippen molar-refractivity contribution in [2.75, 3.05) is 0 Å². The van der Waals surface area contributed by atoms with E-state index in [2.05, 4.69) is 20.4 Å². The monoisotopic (exact) mass is 351 g/mol. The van der Waals surface area contributed by atoms with Gasteiger partial charge < -0.3 is 10.4 Å². The number of amides is 1. The molecule has 3 aromatic rings. The van der Waals surface area contributed by atoms with Crippen LogP contribution in [-0.2, 0) is 7.05 Å². The van der Waals surface area contributed by atoms with Gasteiger partial charge in [-0.3, -0.25) is 19.4 Å². The first kappa shape index (κ1) is 16.7. The number of hydrogen-bond donors (Lipinski definition) is 2. The molecule has 26 heavy (non-hydrogen) atoms. The summed E-state index contributed by atoms with van der Waals surface area (Å²) < 4.78 is 1.81. The lowest BCUT2D eigenvalue weighted by molar-refractivity contribution is 0.0863. The normalized spacial score (nSPS) is 20.2. The molecule has 0 spiro atoms. The molecule has 7 heteroatoms. The van der Waals surface area contributed by atoms with Crippen LogP contribution in [0.2, 0.25) is 0 Å². The summed E-state index contributed by atoms with van der Waals surface area (Å²) in [6.45, 7) is 0. The number of carbonyl (C=O) groups is 1. The van der Waals surface area contributed by atoms with Crippen LogP contribution in [0.5, 0.6) is 0 Å². The average Bonchev–Trinajstić information content (AvgIpc) is 3.01. The number of carbonyl (C=O) groups excluding carboxylic acids is 1. The van der Waals surface area contributed by atoms with Gasteiger partial charge >= 0.3 is 0 Å². The molecule has 0 saturated heterocycles. The molecule has 0 radical (unpaired) electrons. The number of aliphatic hydroxyl groups is 1. The molecule has 1 aliphatic carbocycles. The van der Waals surface area contributed by atoms with Gasteiger partial charge in [0.05, 0.1) is 11.6 Å². The zero-order chi connectivity index (χ0) is 18.1. The Morgan fingerprint density at radius 2 is 2.00 bits per heavy atom. The fraction of sp³-hybridized carbons (Fsp3) is 0.368. The summed E-state index contributed by atoms with van der Waals surface area (Å²) >= 11 is 0. The summed E-state index contributed by atoms with van der Waals surface area (Å²) in [5, 5.41) is 18.1. The third kappa shape index (κ3) is 3.17. The molecule has 1 amide bonds. The van der Waals surface area contributed by atoms with Gasteiger partial charge in [0.25, 0.3) is 5.91 Å². The van der Waals surface area contributed by atoms with Crippen LogP contribution in [0, 0.1) is 0 Å². The summed E-state index contributed by atoms with van der Waals surface area (Å²) in [6, 6.07) is 5.61. The van der Waals surface area contributed by atoms with Crippen LogP contribution in [0.3, 0.4) is 0 Å². The molecule has 4 rings (SSSR count). The van der Waals surface area contributed by atoms with Crippen molar-refractivity contribution in [3.63, 3.8) is 0 Å². The van der Waals surface area contributed by atoms with E-state index in [-0.39, 0.29) is 18.1 Å². The van der Waals surface area contributed by atoms with E-state index in [0.29, 0.717) is 5.69 Å². The fourth-order valence-electron chi connectivity index (χ4n) is 3.47. The predicted molar refractivity (Wildman–Crippen MR) is 97.5 cm³/mol. The van der Waals surface area contributed by atoms with Gasteiger partial charge in [-0.05, 0) is 43.9 Å². The van der Waals surface area contributed by atoms with E-state index in [4.69, 9.17) is 0 Å². The number of nitrogens with zero attached hydrogens (tertiary/aromatic N) is 4. The van der Waals surface area contributed by atoms with Crippen molar-refractivity contribution in [2.45, 2.75) is 37.8 Å². The van der Waals surface area contributed by atoms with Gasteiger partial charge in [0.1, 0.15) is 11.4 Å². The smallest absolute Gasteiger partial charge is 0.270 e. The summed E-state index contributed by atoms with van der Waals surface area (Å²) in [5.41, 5.74) is 3.03. The molecule has 1 fully saturated rings. The van der Waals surface area contributed by atoms with E-state index in [1.54, 1.807) is 24.7 Å². The van der Waals surface area contributed by atoms with Crippen LogP contribution >= 0.6 is 0 Å². The summed E-state index contributed by atoms with van der Waals surface area (Å²) in [7, 11) is 1.89. The Morgan fingerprint density at radius 1 is 1.19 bits per heavy atom. The number of hydrogen-bond acceptors (Lipinski definition) is 5. The Hall–Kier alpha value is -2.80. The van der Waals surface area contributed by atoms with Gasteiger partial charge in [-0.25, -0.2) is 0 Å². The van der Waals surface area contributed by atoms with Crippen LogP contribution in [0.25, 0.3) is 22.2 Å². The zero-order valence-corrected chi connectivity index (χ0v) is 14.6. The molecule has 0 aliphatic heterocycles. The van der Waals surface area contributed by atoms with Gasteiger partial charge in [-0.2, -0.15) is 5.10 Å². The molecule has 3 heterocycles. The second kappa shape index (κ2) is 6.84. The number of pyridine rings is 2. The lowest BCUT2D eigenvalue weighted by Crippen LogP contribution is -2.38. The van der Waals surface area contributed by atoms with Crippen LogP contribution in [0.1, 0.15) is 36.2 Å². The van der Waals surface area contributed by atoms with Gasteiger partial charge in [0, 0.05) is 42.6 Å². The molecule has 134 valence electrons. The Kier molecular flexibility index (Phi) is 4.38. The first-order chi connectivity index (χ1) is 12.6. The molecule has 1 aliphatic rings. The van der Waals surface area contributed by atoms with Crippen molar-refractivity contribution in [1.82, 2.24) is 25.1 Å². The van der Waals surface area contributed by atoms with E-state index in [9.17, 15) is 9.90 Å². The highest BCUT2D eigenvalue weighted by Crippen LogP contribution is 2.26. The Bertz CT molecular complexity index is 927. The molecular formula is C19H21N5O2. The van der Waals surface area contributed by atoms with Crippen LogP contribution in [0.4, 0.5) is 0 Å². The topological polar surface area (TPSA) is 92.9 Å². The second-order valence-electron chi connectivity index (χ2n) is 6.78. The van der Waals surface area contributed by atoms with Gasteiger partial charge in [-0.15, -0.1) is 0 Å². The van der Waals surface area contributed by atoms with Gasteiger partial charge in [-0.1, -0.05) is 0 Å². The third-order valence-corrected chi connectivity index (χ3v) is 4.95. The van der Waals surface area contributed by atoms with Crippen molar-refractivity contribution in [1.29, 1.82) is 0 Å². The first-order valence-electron chi connectivity index (χ1n) is 8.84. The minimum atomic E-state index is -0.233. The highest BCUT2D eigenvalue weighted by molar-refractivity contribution is 5.94. The average molecular weight is 351 g/mol. The van der Waals surface area contributed by atoms with E-state index < -0.39 is 0 Å². The SMILES string of the molecule is Cn1nc(-c2ccc(C(=O)NC3CCC(O)CC3)nc2)c2cnccc21. The van der Waals surface area contributed by atoms with Crippen molar-refractivity contribution in [2.24, 2.45) is 7.05 Å². The number of rotatable bonds is 3. The summed E-state index contributed by atoms with van der Waals surface area (Å²) in [6.07, 6.45) is 8.04. The van der Waals surface area contributed by atoms with E-state index in [1.807, 2.05) is 23.9 Å². The Balaban J connectivity index is 1.52. The standard InChI is InChI=1S/C19H21N5O2/c1-24-17-8-9-20-11-15(17)18(23-24)12-2-7-16(21-10-12)19(26)22-13-3-5-14(25)6-4-13/h2,7-11,13-14,25H,3-6H2,1H3,(H,22,26). The minimum Gasteiger partial charge on any atom is -0.393 e. The molecule has 2 N–H and O–H groups in total. The van der Waals surface area contributed by atoms with Crippen LogP contribution in [-0.4, -0.2) is 42.9 Å². The van der Waals surface area contributed by atoms with E-state index >= 15 is 0 Å². The number of aliphatic hydroxyl groups excluding tert-OH is 1. The predicted octanol–water partition coefficient (Wildman–Crippen LogP) is 2.06. The van der Waals surface area contributed by atoms with Crippen molar-refractivity contribution in [3.05, 3.63) is 42.5 Å². The molecule has 0 aromatic carbocycles. The zero-order valence-electron chi connectivity index (χ0n) is 14.6. The molecule has 0 unspecified atom stereocenters. The molecule has 1 saturated carbocycles. The lowest BCUT2D eigenvalue weighted by atomic mass is 9.93. The van der Waals surface area contributed by atoms with Crippen molar-refractivity contribution in [3.8, 4) is 11.3 Å². The van der Waals surface area contributed by atoms with E-state index in [1.165, 1.54) is 0 Å². The highest BCUT2D eigenvalue weighted by Gasteiger charge is 2.21.